The summed E-state index contributed by atoms with van der Waals surface area (Å²) in [6.45, 7) is 8.72. The Morgan fingerprint density at radius 2 is 1.71 bits per heavy atom. The van der Waals surface area contributed by atoms with Gasteiger partial charge in [-0.2, -0.15) is 0 Å². The van der Waals surface area contributed by atoms with Crippen LogP contribution in [0, 0.1) is 5.92 Å². The minimum absolute atomic E-state index is 0.121. The summed E-state index contributed by atoms with van der Waals surface area (Å²) < 4.78 is 0. The lowest BCUT2D eigenvalue weighted by atomic mass is 9.90. The molecule has 1 aromatic carbocycles. The second-order valence-electron chi connectivity index (χ2n) is 6.59. The summed E-state index contributed by atoms with van der Waals surface area (Å²) in [5, 5.41) is 3.24. The lowest BCUT2D eigenvalue weighted by molar-refractivity contribution is -0.120. The normalized spacial score (nSPS) is 18.3. The second kappa shape index (κ2) is 6.93. The molecule has 0 aromatic heterocycles. The van der Waals surface area contributed by atoms with Crippen LogP contribution in [-0.4, -0.2) is 5.91 Å². The van der Waals surface area contributed by atoms with Crippen LogP contribution in [0.5, 0.6) is 0 Å². The molecule has 0 unspecified atom stereocenters. The summed E-state index contributed by atoms with van der Waals surface area (Å²) in [4.78, 5) is 12.6. The fourth-order valence-electron chi connectivity index (χ4n) is 2.95. The largest absolute Gasteiger partial charge is 0.325 e. The number of rotatable bonds is 4. The topological polar surface area (TPSA) is 29.1 Å². The van der Waals surface area contributed by atoms with Crippen LogP contribution in [0.4, 0.5) is 5.69 Å². The number of anilines is 1. The van der Waals surface area contributed by atoms with Crippen molar-refractivity contribution in [1.29, 1.82) is 0 Å². The highest BCUT2D eigenvalue weighted by Gasteiger charge is 2.22. The first kappa shape index (κ1) is 15.8. The number of carbonyl (C=O) groups excluding carboxylic acids is 1. The zero-order valence-corrected chi connectivity index (χ0v) is 13.6. The molecule has 0 fully saturated rings. The van der Waals surface area contributed by atoms with Gasteiger partial charge in [-0.3, -0.25) is 4.79 Å². The standard InChI is InChI=1S/C19H27NO/c1-13(2)16-11-8-12-17(14(3)4)18(16)20-19(21)15-9-6-5-7-10-15/h5-6,8,11-15H,7,9-10H2,1-4H3,(H,20,21)/t15-/m0/s1. The number of allylic oxidation sites excluding steroid dienone is 2. The van der Waals surface area contributed by atoms with E-state index in [-0.39, 0.29) is 11.8 Å². The highest BCUT2D eigenvalue weighted by Crippen LogP contribution is 2.33. The first-order chi connectivity index (χ1) is 10.0. The van der Waals surface area contributed by atoms with Gasteiger partial charge < -0.3 is 5.32 Å². The molecule has 21 heavy (non-hydrogen) atoms. The molecule has 1 amide bonds. The molecule has 0 saturated carbocycles. The van der Waals surface area contributed by atoms with Crippen molar-refractivity contribution in [1.82, 2.24) is 0 Å². The molecule has 1 N–H and O–H groups in total. The number of hydrogen-bond acceptors (Lipinski definition) is 1. The number of hydrogen-bond donors (Lipinski definition) is 1. The van der Waals surface area contributed by atoms with Gasteiger partial charge in [-0.15, -0.1) is 0 Å². The van der Waals surface area contributed by atoms with E-state index in [2.05, 4.69) is 63.4 Å². The summed E-state index contributed by atoms with van der Waals surface area (Å²) in [5.41, 5.74) is 3.52. The first-order valence-corrected chi connectivity index (χ1v) is 8.09. The molecule has 1 aliphatic carbocycles. The maximum absolute atomic E-state index is 12.6. The summed E-state index contributed by atoms with van der Waals surface area (Å²) >= 11 is 0. The number of amides is 1. The van der Waals surface area contributed by atoms with E-state index < -0.39 is 0 Å². The van der Waals surface area contributed by atoms with Gasteiger partial charge in [0.2, 0.25) is 5.91 Å². The molecule has 1 atom stereocenters. The quantitative estimate of drug-likeness (QED) is 0.754. The lowest BCUT2D eigenvalue weighted by Gasteiger charge is -2.23. The average Bonchev–Trinajstić information content (AvgIpc) is 2.47. The molecule has 2 rings (SSSR count). The molecule has 0 spiro atoms. The molecule has 0 saturated heterocycles. The van der Waals surface area contributed by atoms with Crippen molar-refractivity contribution in [2.45, 2.75) is 58.8 Å². The van der Waals surface area contributed by atoms with E-state index in [0.29, 0.717) is 11.8 Å². The van der Waals surface area contributed by atoms with Gasteiger partial charge in [-0.1, -0.05) is 58.0 Å². The summed E-state index contributed by atoms with van der Waals surface area (Å²) in [7, 11) is 0. The van der Waals surface area contributed by atoms with Crippen LogP contribution in [0.15, 0.2) is 30.4 Å². The van der Waals surface area contributed by atoms with E-state index in [1.807, 2.05) is 0 Å². The van der Waals surface area contributed by atoms with Gasteiger partial charge in [0, 0.05) is 11.6 Å². The Morgan fingerprint density at radius 1 is 1.10 bits per heavy atom. The van der Waals surface area contributed by atoms with E-state index in [9.17, 15) is 4.79 Å². The molecule has 0 aliphatic heterocycles. The number of para-hydroxylation sites is 1. The van der Waals surface area contributed by atoms with Gasteiger partial charge in [0.1, 0.15) is 0 Å². The maximum Gasteiger partial charge on any atom is 0.227 e. The van der Waals surface area contributed by atoms with Crippen LogP contribution in [0.3, 0.4) is 0 Å². The predicted molar refractivity (Wildman–Crippen MR) is 89.7 cm³/mol. The summed E-state index contributed by atoms with van der Waals surface area (Å²) in [6, 6.07) is 6.36. The molecular formula is C19H27NO. The van der Waals surface area contributed by atoms with E-state index in [0.717, 1.165) is 24.9 Å². The minimum atomic E-state index is 0.121. The Labute approximate surface area is 128 Å². The van der Waals surface area contributed by atoms with Crippen LogP contribution in [0.2, 0.25) is 0 Å². The van der Waals surface area contributed by atoms with Crippen molar-refractivity contribution in [2.75, 3.05) is 5.32 Å². The van der Waals surface area contributed by atoms with Crippen molar-refractivity contribution in [2.24, 2.45) is 5.92 Å². The molecule has 0 heterocycles. The monoisotopic (exact) mass is 285 g/mol. The first-order valence-electron chi connectivity index (χ1n) is 8.09. The van der Waals surface area contributed by atoms with Gasteiger partial charge in [0.25, 0.3) is 0 Å². The molecular weight excluding hydrogens is 258 g/mol. The van der Waals surface area contributed by atoms with E-state index in [1.165, 1.54) is 11.1 Å². The number of carbonyl (C=O) groups is 1. The van der Waals surface area contributed by atoms with Crippen LogP contribution < -0.4 is 5.32 Å². The molecule has 1 aromatic rings. The third-order valence-corrected chi connectivity index (χ3v) is 4.26. The van der Waals surface area contributed by atoms with Gasteiger partial charge in [-0.05, 0) is 42.2 Å². The Balaban J connectivity index is 2.28. The van der Waals surface area contributed by atoms with Crippen molar-refractivity contribution in [3.8, 4) is 0 Å². The van der Waals surface area contributed by atoms with Crippen molar-refractivity contribution in [3.63, 3.8) is 0 Å². The lowest BCUT2D eigenvalue weighted by Crippen LogP contribution is -2.25. The molecule has 0 bridgehead atoms. The van der Waals surface area contributed by atoms with Crippen LogP contribution in [-0.2, 0) is 4.79 Å². The zero-order valence-electron chi connectivity index (χ0n) is 13.6. The highest BCUT2D eigenvalue weighted by atomic mass is 16.1. The predicted octanol–water partition coefficient (Wildman–Crippen LogP) is 5.23. The molecule has 1 aliphatic rings. The maximum atomic E-state index is 12.6. The Kier molecular flexibility index (Phi) is 5.22. The van der Waals surface area contributed by atoms with E-state index in [1.54, 1.807) is 0 Å². The van der Waals surface area contributed by atoms with Crippen molar-refractivity contribution >= 4 is 11.6 Å². The van der Waals surface area contributed by atoms with Gasteiger partial charge >= 0.3 is 0 Å². The van der Waals surface area contributed by atoms with Crippen LogP contribution >= 0.6 is 0 Å². The Bertz CT molecular complexity index is 502. The summed E-state index contributed by atoms with van der Waals surface area (Å²) in [5.74, 6) is 1.11. The fourth-order valence-corrected chi connectivity index (χ4v) is 2.95. The third kappa shape index (κ3) is 3.75. The second-order valence-corrected chi connectivity index (χ2v) is 6.59. The summed E-state index contributed by atoms with van der Waals surface area (Å²) in [6.07, 6.45) is 7.15. The molecule has 0 radical (unpaired) electrons. The molecule has 114 valence electrons. The number of nitrogens with one attached hydrogen (secondary N) is 1. The molecule has 2 nitrogen and oxygen atoms in total. The minimum Gasteiger partial charge on any atom is -0.325 e. The average molecular weight is 285 g/mol. The number of benzene rings is 1. The van der Waals surface area contributed by atoms with Gasteiger partial charge in [0.05, 0.1) is 0 Å². The zero-order chi connectivity index (χ0) is 15.4. The van der Waals surface area contributed by atoms with Gasteiger partial charge in [0.15, 0.2) is 0 Å². The van der Waals surface area contributed by atoms with Crippen LogP contribution in [0.25, 0.3) is 0 Å². The third-order valence-electron chi connectivity index (χ3n) is 4.26. The fraction of sp³-hybridized carbons (Fsp3) is 0.526. The van der Waals surface area contributed by atoms with Crippen molar-refractivity contribution < 1.29 is 4.79 Å². The van der Waals surface area contributed by atoms with E-state index >= 15 is 0 Å². The smallest absolute Gasteiger partial charge is 0.227 e. The Morgan fingerprint density at radius 3 is 2.19 bits per heavy atom. The van der Waals surface area contributed by atoms with Crippen LogP contribution in [0.1, 0.15) is 69.9 Å². The highest BCUT2D eigenvalue weighted by molar-refractivity contribution is 5.94. The Hall–Kier alpha value is -1.57. The SMILES string of the molecule is CC(C)c1cccc(C(C)C)c1NC(=O)[C@H]1CC=CCC1. The van der Waals surface area contributed by atoms with Gasteiger partial charge in [-0.25, -0.2) is 0 Å². The van der Waals surface area contributed by atoms with E-state index in [4.69, 9.17) is 0 Å². The molecule has 2 heteroatoms. The van der Waals surface area contributed by atoms with Crippen molar-refractivity contribution in [3.05, 3.63) is 41.5 Å².